The summed E-state index contributed by atoms with van der Waals surface area (Å²) < 4.78 is 8.09. The average Bonchev–Trinajstić information content (AvgIpc) is 3.43. The zero-order valence-electron chi connectivity index (χ0n) is 24.4. The molecule has 2 amide bonds. The maximum Gasteiger partial charge on any atom is 0.255 e. The number of carbonyl (C=O) groups excluding carboxylic acids is 2. The highest BCUT2D eigenvalue weighted by Crippen LogP contribution is 2.45. The molecular formula is C36H35N3O3. The predicted octanol–water partition coefficient (Wildman–Crippen LogP) is 7.88. The number of nitrogens with one attached hydrogen (secondary N) is 1. The van der Waals surface area contributed by atoms with Crippen LogP contribution in [0, 0.1) is 12.8 Å². The molecule has 0 aliphatic carbocycles. The normalized spacial score (nSPS) is 15.9. The van der Waals surface area contributed by atoms with Gasteiger partial charge in [0, 0.05) is 40.5 Å². The van der Waals surface area contributed by atoms with Crippen molar-refractivity contribution < 1.29 is 14.3 Å². The highest BCUT2D eigenvalue weighted by Gasteiger charge is 2.46. The molecule has 5 aromatic rings. The molecule has 6 rings (SSSR count). The van der Waals surface area contributed by atoms with Gasteiger partial charge in [0.25, 0.3) is 5.91 Å². The first-order valence-corrected chi connectivity index (χ1v) is 14.5. The summed E-state index contributed by atoms with van der Waals surface area (Å²) in [4.78, 5) is 30.2. The van der Waals surface area contributed by atoms with Crippen molar-refractivity contribution in [3.05, 3.63) is 126 Å². The highest BCUT2D eigenvalue weighted by molar-refractivity contribution is 6.05. The van der Waals surface area contributed by atoms with Gasteiger partial charge in [-0.25, -0.2) is 0 Å². The minimum absolute atomic E-state index is 0.0817. The third-order valence-electron chi connectivity index (χ3n) is 8.57. The van der Waals surface area contributed by atoms with Crippen molar-refractivity contribution in [3.63, 3.8) is 0 Å². The number of anilines is 1. The van der Waals surface area contributed by atoms with Gasteiger partial charge in [-0.3, -0.25) is 9.59 Å². The lowest BCUT2D eigenvalue weighted by molar-refractivity contribution is -0.122. The first-order chi connectivity index (χ1) is 20.4. The van der Waals surface area contributed by atoms with Crippen molar-refractivity contribution in [1.29, 1.82) is 0 Å². The molecule has 0 saturated heterocycles. The lowest BCUT2D eigenvalue weighted by atomic mass is 9.91. The Hall–Kier alpha value is -4.84. The Morgan fingerprint density at radius 3 is 2.26 bits per heavy atom. The molecule has 3 unspecified atom stereocenters. The van der Waals surface area contributed by atoms with Crippen LogP contribution in [0.3, 0.4) is 0 Å². The summed E-state index contributed by atoms with van der Waals surface area (Å²) in [6.45, 7) is 6.20. The number of amides is 2. The summed E-state index contributed by atoms with van der Waals surface area (Å²) >= 11 is 0. The SMILES string of the molecule is CCC(C)C(C(=O)Nc1ccc(Oc2ccccc2)cc1)N1C(=O)c2ccccc2C1c1c(C)n(C)c2ccccc12. The Labute approximate surface area is 246 Å². The van der Waals surface area contributed by atoms with Gasteiger partial charge >= 0.3 is 0 Å². The summed E-state index contributed by atoms with van der Waals surface area (Å²) in [6.07, 6.45) is 0.739. The number of carbonyl (C=O) groups is 2. The summed E-state index contributed by atoms with van der Waals surface area (Å²) in [5, 5.41) is 4.20. The van der Waals surface area contributed by atoms with E-state index < -0.39 is 6.04 Å². The number of hydrogen-bond acceptors (Lipinski definition) is 3. The fourth-order valence-corrected chi connectivity index (χ4v) is 6.14. The van der Waals surface area contributed by atoms with Crippen LogP contribution in [0.1, 0.15) is 53.5 Å². The maximum absolute atomic E-state index is 14.2. The number of fused-ring (bicyclic) bond motifs is 2. The second kappa shape index (κ2) is 11.2. The van der Waals surface area contributed by atoms with Crippen LogP contribution in [0.25, 0.3) is 10.9 Å². The monoisotopic (exact) mass is 557 g/mol. The summed E-state index contributed by atoms with van der Waals surface area (Å²) in [5.41, 5.74) is 5.48. The molecule has 0 bridgehead atoms. The predicted molar refractivity (Wildman–Crippen MR) is 167 cm³/mol. The minimum atomic E-state index is -0.682. The van der Waals surface area contributed by atoms with Crippen LogP contribution in [0.5, 0.6) is 11.5 Å². The van der Waals surface area contributed by atoms with E-state index in [4.69, 9.17) is 4.74 Å². The van der Waals surface area contributed by atoms with Crippen molar-refractivity contribution >= 4 is 28.4 Å². The van der Waals surface area contributed by atoms with Crippen LogP contribution in [0.4, 0.5) is 5.69 Å². The largest absolute Gasteiger partial charge is 0.457 e. The molecule has 6 nitrogen and oxygen atoms in total. The second-order valence-electron chi connectivity index (χ2n) is 11.0. The lowest BCUT2D eigenvalue weighted by Gasteiger charge is -2.36. The third-order valence-corrected chi connectivity index (χ3v) is 8.57. The molecule has 0 saturated carbocycles. The van der Waals surface area contributed by atoms with E-state index in [1.54, 1.807) is 0 Å². The van der Waals surface area contributed by atoms with Crippen molar-refractivity contribution in [2.45, 2.75) is 39.3 Å². The van der Waals surface area contributed by atoms with Crippen LogP contribution in [0.15, 0.2) is 103 Å². The van der Waals surface area contributed by atoms with Crippen LogP contribution in [-0.2, 0) is 11.8 Å². The van der Waals surface area contributed by atoms with E-state index in [1.807, 2.05) is 103 Å². The molecule has 1 aliphatic heterocycles. The standard InChI is InChI=1S/C36H35N3O3/c1-5-23(2)33(35(40)37-25-19-21-27(22-20-25)42-26-13-7-6-8-14-26)39-34(28-15-9-10-16-29(28)36(39)41)32-24(3)38(4)31-18-12-11-17-30(31)32/h6-23,33-34H,5H2,1-4H3,(H,37,40). The molecule has 2 heterocycles. The van der Waals surface area contributed by atoms with E-state index in [9.17, 15) is 9.59 Å². The number of hydrogen-bond donors (Lipinski definition) is 1. The average molecular weight is 558 g/mol. The van der Waals surface area contributed by atoms with Gasteiger partial charge < -0.3 is 19.5 Å². The van der Waals surface area contributed by atoms with Crippen LogP contribution >= 0.6 is 0 Å². The van der Waals surface area contributed by atoms with Gasteiger partial charge in [-0.1, -0.05) is 74.9 Å². The summed E-state index contributed by atoms with van der Waals surface area (Å²) in [6, 6.07) is 31.9. The third kappa shape index (κ3) is 4.73. The fourth-order valence-electron chi connectivity index (χ4n) is 6.14. The lowest BCUT2D eigenvalue weighted by Crippen LogP contribution is -2.50. The second-order valence-corrected chi connectivity index (χ2v) is 11.0. The van der Waals surface area contributed by atoms with Crippen molar-refractivity contribution in [1.82, 2.24) is 9.47 Å². The Morgan fingerprint density at radius 1 is 0.881 bits per heavy atom. The van der Waals surface area contributed by atoms with Crippen molar-refractivity contribution in [2.24, 2.45) is 13.0 Å². The molecule has 0 spiro atoms. The zero-order valence-corrected chi connectivity index (χ0v) is 24.4. The summed E-state index contributed by atoms with van der Waals surface area (Å²) in [7, 11) is 2.05. The van der Waals surface area contributed by atoms with Crippen LogP contribution < -0.4 is 10.1 Å². The minimum Gasteiger partial charge on any atom is -0.457 e. The van der Waals surface area contributed by atoms with Gasteiger partial charge in [0.05, 0.1) is 6.04 Å². The van der Waals surface area contributed by atoms with Gasteiger partial charge in [0.2, 0.25) is 5.91 Å². The molecule has 4 aromatic carbocycles. The van der Waals surface area contributed by atoms with E-state index in [2.05, 4.69) is 42.9 Å². The Balaban J connectivity index is 1.37. The maximum atomic E-state index is 14.2. The fraction of sp³-hybridized carbons (Fsp3) is 0.222. The number of aromatic nitrogens is 1. The zero-order chi connectivity index (χ0) is 29.4. The molecule has 1 aromatic heterocycles. The molecule has 42 heavy (non-hydrogen) atoms. The van der Waals surface area contributed by atoms with Crippen molar-refractivity contribution in [2.75, 3.05) is 5.32 Å². The van der Waals surface area contributed by atoms with Gasteiger partial charge in [-0.15, -0.1) is 0 Å². The number of aryl methyl sites for hydroxylation is 1. The Kier molecular flexibility index (Phi) is 7.29. The number of nitrogens with zero attached hydrogens (tertiary/aromatic N) is 2. The quantitative estimate of drug-likeness (QED) is 0.211. The van der Waals surface area contributed by atoms with E-state index in [1.165, 1.54) is 0 Å². The molecule has 212 valence electrons. The highest BCUT2D eigenvalue weighted by atomic mass is 16.5. The Bertz CT molecular complexity index is 1760. The number of para-hydroxylation sites is 2. The molecule has 0 fully saturated rings. The number of rotatable bonds is 8. The topological polar surface area (TPSA) is 63.6 Å². The van der Waals surface area contributed by atoms with Gasteiger partial charge in [-0.2, -0.15) is 0 Å². The molecular weight excluding hydrogens is 522 g/mol. The first kappa shape index (κ1) is 27.3. The molecule has 1 aliphatic rings. The molecule has 3 atom stereocenters. The molecule has 6 heteroatoms. The van der Waals surface area contributed by atoms with Crippen molar-refractivity contribution in [3.8, 4) is 11.5 Å². The Morgan fingerprint density at radius 2 is 1.52 bits per heavy atom. The van der Waals surface area contributed by atoms with Gasteiger partial charge in [0.15, 0.2) is 0 Å². The van der Waals surface area contributed by atoms with Gasteiger partial charge in [0.1, 0.15) is 17.5 Å². The van der Waals surface area contributed by atoms with Crippen LogP contribution in [0.2, 0.25) is 0 Å². The van der Waals surface area contributed by atoms with E-state index in [-0.39, 0.29) is 23.8 Å². The van der Waals surface area contributed by atoms with Gasteiger partial charge in [-0.05, 0) is 66.9 Å². The van der Waals surface area contributed by atoms with E-state index in [0.29, 0.717) is 17.0 Å². The molecule has 0 radical (unpaired) electrons. The smallest absolute Gasteiger partial charge is 0.255 e. The molecule has 1 N–H and O–H groups in total. The number of benzene rings is 4. The number of ether oxygens (including phenoxy) is 1. The van der Waals surface area contributed by atoms with Crippen LogP contribution in [-0.4, -0.2) is 27.3 Å². The van der Waals surface area contributed by atoms with E-state index in [0.717, 1.165) is 39.9 Å². The van der Waals surface area contributed by atoms with E-state index >= 15 is 0 Å². The summed E-state index contributed by atoms with van der Waals surface area (Å²) in [5.74, 6) is 1.02. The first-order valence-electron chi connectivity index (χ1n) is 14.5.